The van der Waals surface area contributed by atoms with Crippen molar-refractivity contribution < 1.29 is 9.05 Å². The molecule has 0 unspecified atom stereocenters. The molecule has 0 saturated carbocycles. The van der Waals surface area contributed by atoms with Crippen LogP contribution in [0, 0.1) is 6.92 Å². The lowest BCUT2D eigenvalue weighted by atomic mass is 10.4. The Morgan fingerprint density at radius 3 is 2.86 bits per heavy atom. The summed E-state index contributed by atoms with van der Waals surface area (Å²) in [7, 11) is 1.81. The molecular formula is C8H10N4O2. The lowest BCUT2D eigenvalue weighted by molar-refractivity contribution is 0.371. The number of aryl methyl sites for hydroxylation is 1. The Morgan fingerprint density at radius 2 is 2.21 bits per heavy atom. The molecule has 0 saturated heterocycles. The van der Waals surface area contributed by atoms with E-state index in [1.54, 1.807) is 6.07 Å². The second kappa shape index (κ2) is 3.59. The first-order valence-electron chi connectivity index (χ1n) is 4.20. The Morgan fingerprint density at radius 1 is 1.36 bits per heavy atom. The van der Waals surface area contributed by atoms with Crippen LogP contribution in [0.3, 0.4) is 0 Å². The molecule has 6 nitrogen and oxygen atoms in total. The van der Waals surface area contributed by atoms with E-state index in [-0.39, 0.29) is 0 Å². The Hall–Kier alpha value is -1.69. The van der Waals surface area contributed by atoms with E-state index in [4.69, 9.17) is 9.05 Å². The van der Waals surface area contributed by atoms with Crippen molar-refractivity contribution in [1.82, 2.24) is 20.6 Å². The zero-order valence-corrected chi connectivity index (χ0v) is 7.94. The molecule has 2 rings (SSSR count). The molecule has 6 heteroatoms. The minimum absolute atomic E-state index is 0.451. The van der Waals surface area contributed by atoms with Crippen molar-refractivity contribution >= 4 is 0 Å². The molecule has 1 N–H and O–H groups in total. The van der Waals surface area contributed by atoms with Gasteiger partial charge in [-0.3, -0.25) is 0 Å². The van der Waals surface area contributed by atoms with E-state index in [1.807, 2.05) is 14.0 Å². The average molecular weight is 194 g/mol. The molecule has 0 aliphatic carbocycles. The van der Waals surface area contributed by atoms with Gasteiger partial charge in [0.05, 0.1) is 6.54 Å². The van der Waals surface area contributed by atoms with E-state index >= 15 is 0 Å². The number of nitrogens with one attached hydrogen (secondary N) is 1. The molecule has 0 spiro atoms. The van der Waals surface area contributed by atoms with E-state index in [9.17, 15) is 0 Å². The van der Waals surface area contributed by atoms with Crippen LogP contribution >= 0.6 is 0 Å². The maximum Gasteiger partial charge on any atom is 0.240 e. The third-order valence-electron chi connectivity index (χ3n) is 1.65. The van der Waals surface area contributed by atoms with Gasteiger partial charge in [-0.05, 0) is 14.0 Å². The van der Waals surface area contributed by atoms with E-state index in [2.05, 4.69) is 20.6 Å². The molecular weight excluding hydrogens is 184 g/mol. The van der Waals surface area contributed by atoms with Crippen LogP contribution in [-0.2, 0) is 6.54 Å². The summed E-state index contributed by atoms with van der Waals surface area (Å²) in [5.74, 6) is 1.70. The Balaban J connectivity index is 2.24. The molecule has 2 aromatic rings. The minimum Gasteiger partial charge on any atom is -0.361 e. The van der Waals surface area contributed by atoms with Gasteiger partial charge in [0.25, 0.3) is 0 Å². The Kier molecular flexibility index (Phi) is 2.28. The third kappa shape index (κ3) is 1.64. The summed E-state index contributed by atoms with van der Waals surface area (Å²) in [6, 6.07) is 1.76. The van der Waals surface area contributed by atoms with Crippen LogP contribution in [0.5, 0.6) is 0 Å². The van der Waals surface area contributed by atoms with Crippen LogP contribution in [0.25, 0.3) is 11.5 Å². The zero-order valence-electron chi connectivity index (χ0n) is 7.94. The molecule has 0 atom stereocenters. The van der Waals surface area contributed by atoms with E-state index < -0.39 is 0 Å². The fourth-order valence-electron chi connectivity index (χ4n) is 1.05. The highest BCUT2D eigenvalue weighted by Gasteiger charge is 2.11. The van der Waals surface area contributed by atoms with Gasteiger partial charge in [-0.15, -0.1) is 0 Å². The predicted octanol–water partition coefficient (Wildman–Crippen LogP) is 0.752. The van der Waals surface area contributed by atoms with Crippen molar-refractivity contribution in [1.29, 1.82) is 0 Å². The minimum atomic E-state index is 0.451. The van der Waals surface area contributed by atoms with Crippen LogP contribution in [-0.4, -0.2) is 22.3 Å². The molecule has 0 fully saturated rings. The van der Waals surface area contributed by atoms with Gasteiger partial charge < -0.3 is 14.4 Å². The molecule has 0 bridgehead atoms. The summed E-state index contributed by atoms with van der Waals surface area (Å²) in [5.41, 5.74) is 0.591. The first-order chi connectivity index (χ1) is 6.79. The van der Waals surface area contributed by atoms with Crippen LogP contribution < -0.4 is 5.32 Å². The molecule has 14 heavy (non-hydrogen) atoms. The number of aromatic nitrogens is 3. The molecule has 2 heterocycles. The van der Waals surface area contributed by atoms with Crippen molar-refractivity contribution in [3.8, 4) is 11.5 Å². The number of hydrogen-bond acceptors (Lipinski definition) is 6. The molecule has 74 valence electrons. The molecule has 0 amide bonds. The van der Waals surface area contributed by atoms with E-state index in [0.717, 1.165) is 5.76 Å². The van der Waals surface area contributed by atoms with Crippen LogP contribution in [0.15, 0.2) is 15.1 Å². The van der Waals surface area contributed by atoms with Gasteiger partial charge >= 0.3 is 0 Å². The van der Waals surface area contributed by atoms with Crippen molar-refractivity contribution in [2.45, 2.75) is 13.5 Å². The SMILES string of the molecule is CNCc1nc(-c2cc(C)on2)no1. The first-order valence-corrected chi connectivity index (χ1v) is 4.20. The summed E-state index contributed by atoms with van der Waals surface area (Å²) in [5, 5.41) is 10.5. The highest BCUT2D eigenvalue weighted by atomic mass is 16.5. The Labute approximate surface area is 80.3 Å². The van der Waals surface area contributed by atoms with Gasteiger partial charge in [0.15, 0.2) is 5.69 Å². The van der Waals surface area contributed by atoms with Crippen molar-refractivity contribution in [3.05, 3.63) is 17.7 Å². The third-order valence-corrected chi connectivity index (χ3v) is 1.65. The topological polar surface area (TPSA) is 77.0 Å². The van der Waals surface area contributed by atoms with Gasteiger partial charge in [-0.2, -0.15) is 4.98 Å². The molecule has 0 aromatic carbocycles. The van der Waals surface area contributed by atoms with Crippen molar-refractivity contribution in [2.24, 2.45) is 0 Å². The first kappa shape index (κ1) is 8.89. The van der Waals surface area contributed by atoms with Crippen LogP contribution in [0.1, 0.15) is 11.7 Å². The van der Waals surface area contributed by atoms with Crippen LogP contribution in [0.2, 0.25) is 0 Å². The molecule has 0 radical (unpaired) electrons. The number of nitrogens with zero attached hydrogens (tertiary/aromatic N) is 3. The van der Waals surface area contributed by atoms with Gasteiger partial charge in [0, 0.05) is 6.07 Å². The highest BCUT2D eigenvalue weighted by Crippen LogP contribution is 2.14. The summed E-state index contributed by atoms with van der Waals surface area (Å²) < 4.78 is 9.86. The zero-order chi connectivity index (χ0) is 9.97. The average Bonchev–Trinajstić information content (AvgIpc) is 2.74. The standard InChI is InChI=1S/C8H10N4O2/c1-5-3-6(11-13-5)8-10-7(4-9-2)14-12-8/h3,9H,4H2,1-2H3. The summed E-state index contributed by atoms with van der Waals surface area (Å²) in [4.78, 5) is 4.12. The lowest BCUT2D eigenvalue weighted by Gasteiger charge is -1.86. The maximum atomic E-state index is 4.96. The van der Waals surface area contributed by atoms with Gasteiger partial charge in [-0.1, -0.05) is 10.3 Å². The monoisotopic (exact) mass is 194 g/mol. The van der Waals surface area contributed by atoms with Gasteiger partial charge in [0.1, 0.15) is 5.76 Å². The summed E-state index contributed by atoms with van der Waals surface area (Å²) in [6.07, 6.45) is 0. The van der Waals surface area contributed by atoms with Gasteiger partial charge in [-0.25, -0.2) is 0 Å². The fraction of sp³-hybridized carbons (Fsp3) is 0.375. The highest BCUT2D eigenvalue weighted by molar-refractivity contribution is 5.47. The van der Waals surface area contributed by atoms with Gasteiger partial charge in [0.2, 0.25) is 11.7 Å². The largest absolute Gasteiger partial charge is 0.361 e. The second-order valence-electron chi connectivity index (χ2n) is 2.86. The van der Waals surface area contributed by atoms with Crippen molar-refractivity contribution in [2.75, 3.05) is 7.05 Å². The molecule has 2 aromatic heterocycles. The normalized spacial score (nSPS) is 10.7. The lowest BCUT2D eigenvalue weighted by Crippen LogP contribution is -2.04. The number of rotatable bonds is 3. The second-order valence-corrected chi connectivity index (χ2v) is 2.86. The van der Waals surface area contributed by atoms with E-state index in [1.165, 1.54) is 0 Å². The smallest absolute Gasteiger partial charge is 0.240 e. The van der Waals surface area contributed by atoms with E-state index in [0.29, 0.717) is 24.0 Å². The molecule has 0 aliphatic rings. The maximum absolute atomic E-state index is 4.96. The van der Waals surface area contributed by atoms with Crippen LogP contribution in [0.4, 0.5) is 0 Å². The summed E-state index contributed by atoms with van der Waals surface area (Å²) >= 11 is 0. The Bertz CT molecular complexity index is 420. The summed E-state index contributed by atoms with van der Waals surface area (Å²) in [6.45, 7) is 2.36. The van der Waals surface area contributed by atoms with Crippen molar-refractivity contribution in [3.63, 3.8) is 0 Å². The number of hydrogen-bond donors (Lipinski definition) is 1. The molecule has 0 aliphatic heterocycles. The quantitative estimate of drug-likeness (QED) is 0.776. The fourth-order valence-corrected chi connectivity index (χ4v) is 1.05. The predicted molar refractivity (Wildman–Crippen MR) is 47.3 cm³/mol.